The maximum absolute atomic E-state index is 10.0. The summed E-state index contributed by atoms with van der Waals surface area (Å²) in [7, 11) is 1.99. The van der Waals surface area contributed by atoms with Gasteiger partial charge in [-0.05, 0) is 17.7 Å². The van der Waals surface area contributed by atoms with Crippen LogP contribution in [0, 0.1) is 0 Å². The number of rotatable bonds is 5. The van der Waals surface area contributed by atoms with Crippen molar-refractivity contribution in [3.8, 4) is 0 Å². The molecule has 0 aliphatic heterocycles. The first kappa shape index (κ1) is 13.1. The summed E-state index contributed by atoms with van der Waals surface area (Å²) in [5.41, 5.74) is 1.96. The fourth-order valence-electron chi connectivity index (χ4n) is 1.87. The van der Waals surface area contributed by atoms with Gasteiger partial charge in [0, 0.05) is 43.1 Å². The average molecular weight is 265 g/mol. The third-order valence-corrected chi connectivity index (χ3v) is 3.17. The molecule has 0 aliphatic carbocycles. The highest BCUT2D eigenvalue weighted by Crippen LogP contribution is 2.21. The van der Waals surface area contributed by atoms with Crippen LogP contribution in [0.5, 0.6) is 0 Å². The standard InChI is InChI=1S/C14H17ClN2O/c1-17-7-6-11(10-17)8-16-9-14(18)12-4-2-3-5-13(12)15/h2-7,10,14,16,18H,8-9H2,1H3. The number of halogens is 1. The maximum Gasteiger partial charge on any atom is 0.0928 e. The van der Waals surface area contributed by atoms with Crippen molar-refractivity contribution in [1.29, 1.82) is 0 Å². The second kappa shape index (κ2) is 6.05. The quantitative estimate of drug-likeness (QED) is 0.871. The minimum atomic E-state index is -0.581. The molecule has 0 radical (unpaired) electrons. The number of aromatic nitrogens is 1. The van der Waals surface area contributed by atoms with E-state index in [1.165, 1.54) is 5.56 Å². The van der Waals surface area contributed by atoms with E-state index >= 15 is 0 Å². The van der Waals surface area contributed by atoms with Crippen LogP contribution in [-0.2, 0) is 13.6 Å². The smallest absolute Gasteiger partial charge is 0.0928 e. The van der Waals surface area contributed by atoms with Crippen LogP contribution in [0.2, 0.25) is 5.02 Å². The average Bonchev–Trinajstić information content (AvgIpc) is 2.75. The zero-order valence-corrected chi connectivity index (χ0v) is 11.1. The summed E-state index contributed by atoms with van der Waals surface area (Å²) in [6.07, 6.45) is 3.47. The van der Waals surface area contributed by atoms with Gasteiger partial charge in [0.25, 0.3) is 0 Å². The minimum absolute atomic E-state index is 0.485. The van der Waals surface area contributed by atoms with Crippen molar-refractivity contribution in [3.05, 3.63) is 58.9 Å². The predicted molar refractivity (Wildman–Crippen MR) is 73.5 cm³/mol. The summed E-state index contributed by atoms with van der Waals surface area (Å²) in [6.45, 7) is 1.22. The Labute approximate surface area is 112 Å². The third-order valence-electron chi connectivity index (χ3n) is 2.82. The molecule has 1 heterocycles. The molecule has 0 amide bonds. The molecule has 2 rings (SSSR count). The van der Waals surface area contributed by atoms with Gasteiger partial charge in [0.2, 0.25) is 0 Å². The Morgan fingerprint density at radius 2 is 2.11 bits per heavy atom. The van der Waals surface area contributed by atoms with Crippen molar-refractivity contribution >= 4 is 11.6 Å². The zero-order valence-electron chi connectivity index (χ0n) is 10.3. The number of hydrogen-bond donors (Lipinski definition) is 2. The van der Waals surface area contributed by atoms with Crippen molar-refractivity contribution < 1.29 is 5.11 Å². The van der Waals surface area contributed by atoms with Crippen molar-refractivity contribution in [2.75, 3.05) is 6.54 Å². The molecule has 1 aromatic heterocycles. The highest BCUT2D eigenvalue weighted by atomic mass is 35.5. The molecule has 0 spiro atoms. The van der Waals surface area contributed by atoms with Crippen LogP contribution in [0.25, 0.3) is 0 Å². The largest absolute Gasteiger partial charge is 0.387 e. The van der Waals surface area contributed by atoms with Gasteiger partial charge < -0.3 is 15.0 Å². The van der Waals surface area contributed by atoms with Gasteiger partial charge in [0.05, 0.1) is 6.10 Å². The molecule has 0 aliphatic rings. The summed E-state index contributed by atoms with van der Waals surface area (Å²) >= 11 is 6.03. The molecule has 0 fully saturated rings. The number of aliphatic hydroxyl groups excluding tert-OH is 1. The monoisotopic (exact) mass is 264 g/mol. The van der Waals surface area contributed by atoms with E-state index in [0.717, 1.165) is 12.1 Å². The summed E-state index contributed by atoms with van der Waals surface area (Å²) in [4.78, 5) is 0. The second-order valence-electron chi connectivity index (χ2n) is 4.35. The van der Waals surface area contributed by atoms with E-state index in [0.29, 0.717) is 11.6 Å². The second-order valence-corrected chi connectivity index (χ2v) is 4.76. The van der Waals surface area contributed by atoms with E-state index in [4.69, 9.17) is 11.6 Å². The maximum atomic E-state index is 10.0. The number of benzene rings is 1. The van der Waals surface area contributed by atoms with Gasteiger partial charge in [-0.25, -0.2) is 0 Å². The molecule has 4 heteroatoms. The lowest BCUT2D eigenvalue weighted by atomic mass is 10.1. The van der Waals surface area contributed by atoms with E-state index in [-0.39, 0.29) is 0 Å². The summed E-state index contributed by atoms with van der Waals surface area (Å²) in [6, 6.07) is 9.42. The highest BCUT2D eigenvalue weighted by Gasteiger charge is 2.10. The third kappa shape index (κ3) is 3.35. The number of aliphatic hydroxyl groups is 1. The number of aryl methyl sites for hydroxylation is 1. The molecule has 1 unspecified atom stereocenters. The van der Waals surface area contributed by atoms with Crippen molar-refractivity contribution in [2.24, 2.45) is 7.05 Å². The van der Waals surface area contributed by atoms with Crippen LogP contribution in [0.1, 0.15) is 17.2 Å². The van der Waals surface area contributed by atoms with Crippen LogP contribution >= 0.6 is 11.6 Å². The molecule has 96 valence electrons. The fourth-order valence-corrected chi connectivity index (χ4v) is 2.14. The molecule has 0 bridgehead atoms. The van der Waals surface area contributed by atoms with E-state index in [1.54, 1.807) is 6.07 Å². The molecule has 2 aromatic rings. The highest BCUT2D eigenvalue weighted by molar-refractivity contribution is 6.31. The van der Waals surface area contributed by atoms with Crippen molar-refractivity contribution in [2.45, 2.75) is 12.6 Å². The lowest BCUT2D eigenvalue weighted by Crippen LogP contribution is -2.21. The first-order valence-corrected chi connectivity index (χ1v) is 6.28. The van der Waals surface area contributed by atoms with Crippen molar-refractivity contribution in [3.63, 3.8) is 0 Å². The Morgan fingerprint density at radius 1 is 1.33 bits per heavy atom. The van der Waals surface area contributed by atoms with E-state index in [2.05, 4.69) is 17.6 Å². The van der Waals surface area contributed by atoms with Crippen molar-refractivity contribution in [1.82, 2.24) is 9.88 Å². The molecule has 0 saturated heterocycles. The first-order valence-electron chi connectivity index (χ1n) is 5.91. The van der Waals surface area contributed by atoms with Crippen LogP contribution in [0.15, 0.2) is 42.7 Å². The van der Waals surface area contributed by atoms with E-state index in [9.17, 15) is 5.11 Å². The lowest BCUT2D eigenvalue weighted by Gasteiger charge is -2.13. The summed E-state index contributed by atoms with van der Waals surface area (Å²) < 4.78 is 2.00. The lowest BCUT2D eigenvalue weighted by molar-refractivity contribution is 0.174. The molecular formula is C14H17ClN2O. The Hall–Kier alpha value is -1.29. The Bertz CT molecular complexity index is 510. The molecule has 2 N–H and O–H groups in total. The summed E-state index contributed by atoms with van der Waals surface area (Å²) in [5.74, 6) is 0. The van der Waals surface area contributed by atoms with Gasteiger partial charge in [-0.15, -0.1) is 0 Å². The van der Waals surface area contributed by atoms with Crippen LogP contribution in [0.3, 0.4) is 0 Å². The van der Waals surface area contributed by atoms with E-state index < -0.39 is 6.10 Å². The molecule has 3 nitrogen and oxygen atoms in total. The predicted octanol–water partition coefficient (Wildman–Crippen LogP) is 2.50. The molecule has 18 heavy (non-hydrogen) atoms. The van der Waals surface area contributed by atoms with Gasteiger partial charge in [-0.2, -0.15) is 0 Å². The molecule has 1 atom stereocenters. The van der Waals surface area contributed by atoms with Crippen LogP contribution in [0.4, 0.5) is 0 Å². The summed E-state index contributed by atoms with van der Waals surface area (Å²) in [5, 5.41) is 13.9. The first-order chi connectivity index (χ1) is 8.66. The van der Waals surface area contributed by atoms with Crippen LogP contribution < -0.4 is 5.32 Å². The SMILES string of the molecule is Cn1ccc(CNCC(O)c2ccccc2Cl)c1. The number of nitrogens with zero attached hydrogens (tertiary/aromatic N) is 1. The van der Waals surface area contributed by atoms with Crippen LogP contribution in [-0.4, -0.2) is 16.2 Å². The number of nitrogens with one attached hydrogen (secondary N) is 1. The van der Waals surface area contributed by atoms with Gasteiger partial charge in [-0.1, -0.05) is 29.8 Å². The fraction of sp³-hybridized carbons (Fsp3) is 0.286. The van der Waals surface area contributed by atoms with Gasteiger partial charge in [-0.3, -0.25) is 0 Å². The number of hydrogen-bond acceptors (Lipinski definition) is 2. The minimum Gasteiger partial charge on any atom is -0.387 e. The topological polar surface area (TPSA) is 37.2 Å². The Balaban J connectivity index is 1.85. The zero-order chi connectivity index (χ0) is 13.0. The molecular weight excluding hydrogens is 248 g/mol. The molecule has 0 saturated carbocycles. The Morgan fingerprint density at radius 3 is 2.78 bits per heavy atom. The normalized spacial score (nSPS) is 12.6. The van der Waals surface area contributed by atoms with Gasteiger partial charge >= 0.3 is 0 Å². The van der Waals surface area contributed by atoms with Gasteiger partial charge in [0.1, 0.15) is 0 Å². The molecule has 1 aromatic carbocycles. The van der Waals surface area contributed by atoms with E-state index in [1.807, 2.05) is 36.0 Å². The van der Waals surface area contributed by atoms with Gasteiger partial charge in [0.15, 0.2) is 0 Å². The Kier molecular flexibility index (Phi) is 4.42.